The maximum absolute atomic E-state index is 12.8. The lowest BCUT2D eigenvalue weighted by Crippen LogP contribution is -2.30. The summed E-state index contributed by atoms with van der Waals surface area (Å²) in [5, 5.41) is 5.42. The minimum absolute atomic E-state index is 0.0611. The van der Waals surface area contributed by atoms with Crippen LogP contribution < -0.4 is 15.4 Å². The normalized spacial score (nSPS) is 11.0. The van der Waals surface area contributed by atoms with E-state index in [0.29, 0.717) is 28.5 Å². The molecule has 0 spiro atoms. The highest BCUT2D eigenvalue weighted by molar-refractivity contribution is 6.10. The SMILES string of the molecule is COc1cccc(NC(=O)/C(=C/c2ccc(C)o2)NC(=O)c2ccccc2)c1. The van der Waals surface area contributed by atoms with E-state index in [9.17, 15) is 9.59 Å². The molecule has 0 saturated carbocycles. The van der Waals surface area contributed by atoms with Crippen LogP contribution in [-0.2, 0) is 4.79 Å². The number of aryl methyl sites for hydroxylation is 1. The summed E-state index contributed by atoms with van der Waals surface area (Å²) in [6.07, 6.45) is 1.49. The van der Waals surface area contributed by atoms with E-state index in [-0.39, 0.29) is 5.70 Å². The van der Waals surface area contributed by atoms with Gasteiger partial charge in [-0.05, 0) is 43.3 Å². The van der Waals surface area contributed by atoms with Crippen molar-refractivity contribution in [2.75, 3.05) is 12.4 Å². The van der Waals surface area contributed by atoms with Crippen LogP contribution in [0, 0.1) is 6.92 Å². The lowest BCUT2D eigenvalue weighted by Gasteiger charge is -2.11. The molecule has 28 heavy (non-hydrogen) atoms. The fourth-order valence-electron chi connectivity index (χ4n) is 2.51. The lowest BCUT2D eigenvalue weighted by atomic mass is 10.2. The number of ether oxygens (including phenoxy) is 1. The molecule has 6 heteroatoms. The fourth-order valence-corrected chi connectivity index (χ4v) is 2.51. The van der Waals surface area contributed by atoms with Gasteiger partial charge in [-0.2, -0.15) is 0 Å². The van der Waals surface area contributed by atoms with Crippen molar-refractivity contribution < 1.29 is 18.7 Å². The molecule has 1 heterocycles. The topological polar surface area (TPSA) is 80.6 Å². The second-order valence-electron chi connectivity index (χ2n) is 6.01. The van der Waals surface area contributed by atoms with Gasteiger partial charge in [0.25, 0.3) is 11.8 Å². The van der Waals surface area contributed by atoms with Gasteiger partial charge in [-0.15, -0.1) is 0 Å². The molecule has 0 aliphatic heterocycles. The molecule has 2 amide bonds. The highest BCUT2D eigenvalue weighted by Crippen LogP contribution is 2.18. The number of carbonyl (C=O) groups excluding carboxylic acids is 2. The molecule has 3 rings (SSSR count). The molecular formula is C22H20N2O4. The molecule has 0 fully saturated rings. The molecular weight excluding hydrogens is 356 g/mol. The largest absolute Gasteiger partial charge is 0.497 e. The summed E-state index contributed by atoms with van der Waals surface area (Å²) in [6, 6.07) is 19.1. The molecule has 0 bridgehead atoms. The van der Waals surface area contributed by atoms with Gasteiger partial charge in [0.15, 0.2) is 0 Å². The van der Waals surface area contributed by atoms with Crippen molar-refractivity contribution in [3.63, 3.8) is 0 Å². The van der Waals surface area contributed by atoms with Gasteiger partial charge in [0.1, 0.15) is 23.0 Å². The number of amides is 2. The van der Waals surface area contributed by atoms with Crippen LogP contribution in [0.5, 0.6) is 5.75 Å². The number of benzene rings is 2. The maximum atomic E-state index is 12.8. The zero-order valence-corrected chi connectivity index (χ0v) is 15.6. The van der Waals surface area contributed by atoms with Crippen molar-refractivity contribution in [1.29, 1.82) is 0 Å². The van der Waals surface area contributed by atoms with Crippen LogP contribution in [0.25, 0.3) is 6.08 Å². The first-order valence-corrected chi connectivity index (χ1v) is 8.65. The summed E-state index contributed by atoms with van der Waals surface area (Å²) in [4.78, 5) is 25.3. The van der Waals surface area contributed by atoms with Crippen molar-refractivity contribution >= 4 is 23.6 Å². The molecule has 0 atom stereocenters. The van der Waals surface area contributed by atoms with Crippen LogP contribution in [0.4, 0.5) is 5.69 Å². The Bertz CT molecular complexity index is 1010. The van der Waals surface area contributed by atoms with E-state index in [4.69, 9.17) is 9.15 Å². The molecule has 2 N–H and O–H groups in total. The van der Waals surface area contributed by atoms with Crippen LogP contribution in [-0.4, -0.2) is 18.9 Å². The number of carbonyl (C=O) groups is 2. The van der Waals surface area contributed by atoms with E-state index in [1.54, 1.807) is 74.7 Å². The number of methoxy groups -OCH3 is 1. The molecule has 0 aliphatic rings. The standard InChI is InChI=1S/C22H20N2O4/c1-15-11-12-19(28-15)14-20(24-21(25)16-7-4-3-5-8-16)22(26)23-17-9-6-10-18(13-17)27-2/h3-14H,1-2H3,(H,23,26)(H,24,25)/b20-14-. The third-order valence-corrected chi connectivity index (χ3v) is 3.90. The zero-order valence-electron chi connectivity index (χ0n) is 15.6. The quantitative estimate of drug-likeness (QED) is 0.637. The number of anilines is 1. The summed E-state index contributed by atoms with van der Waals surface area (Å²) in [6.45, 7) is 1.80. The molecule has 3 aromatic rings. The van der Waals surface area contributed by atoms with Gasteiger partial charge >= 0.3 is 0 Å². The van der Waals surface area contributed by atoms with Crippen molar-refractivity contribution in [1.82, 2.24) is 5.32 Å². The number of hydrogen-bond acceptors (Lipinski definition) is 4. The van der Waals surface area contributed by atoms with Gasteiger partial charge in [-0.25, -0.2) is 0 Å². The van der Waals surface area contributed by atoms with E-state index >= 15 is 0 Å². The third kappa shape index (κ3) is 4.88. The van der Waals surface area contributed by atoms with Crippen molar-refractivity contribution in [2.45, 2.75) is 6.92 Å². The molecule has 6 nitrogen and oxygen atoms in total. The van der Waals surface area contributed by atoms with Crippen LogP contribution >= 0.6 is 0 Å². The second-order valence-corrected chi connectivity index (χ2v) is 6.01. The Kier molecular flexibility index (Phi) is 5.91. The van der Waals surface area contributed by atoms with E-state index in [1.165, 1.54) is 6.08 Å². The lowest BCUT2D eigenvalue weighted by molar-refractivity contribution is -0.113. The molecule has 0 radical (unpaired) electrons. The predicted octanol–water partition coefficient (Wildman–Crippen LogP) is 4.01. The minimum atomic E-state index is -0.480. The minimum Gasteiger partial charge on any atom is -0.497 e. The molecule has 0 saturated heterocycles. The van der Waals surface area contributed by atoms with E-state index in [1.807, 2.05) is 6.07 Å². The first kappa shape index (κ1) is 19.0. The Morgan fingerprint density at radius 2 is 1.79 bits per heavy atom. The smallest absolute Gasteiger partial charge is 0.272 e. The third-order valence-electron chi connectivity index (χ3n) is 3.90. The maximum Gasteiger partial charge on any atom is 0.272 e. The Balaban J connectivity index is 1.85. The van der Waals surface area contributed by atoms with Gasteiger partial charge in [0.05, 0.1) is 7.11 Å². The zero-order chi connectivity index (χ0) is 19.9. The van der Waals surface area contributed by atoms with Crippen molar-refractivity contribution in [3.05, 3.63) is 89.5 Å². The highest BCUT2D eigenvalue weighted by Gasteiger charge is 2.16. The van der Waals surface area contributed by atoms with Gasteiger partial charge in [0.2, 0.25) is 0 Å². The summed E-state index contributed by atoms with van der Waals surface area (Å²) in [5.41, 5.74) is 1.05. The highest BCUT2D eigenvalue weighted by atomic mass is 16.5. The number of furan rings is 1. The molecule has 0 unspecified atom stereocenters. The molecule has 142 valence electrons. The Morgan fingerprint density at radius 3 is 2.46 bits per heavy atom. The van der Waals surface area contributed by atoms with Crippen molar-refractivity contribution in [3.8, 4) is 5.75 Å². The number of nitrogens with one attached hydrogen (secondary N) is 2. The second kappa shape index (κ2) is 8.73. The van der Waals surface area contributed by atoms with Crippen molar-refractivity contribution in [2.24, 2.45) is 0 Å². The first-order valence-electron chi connectivity index (χ1n) is 8.65. The number of rotatable bonds is 6. The summed E-state index contributed by atoms with van der Waals surface area (Å²) < 4.78 is 10.7. The van der Waals surface area contributed by atoms with E-state index in [0.717, 1.165) is 0 Å². The number of hydrogen-bond donors (Lipinski definition) is 2. The Morgan fingerprint density at radius 1 is 1.00 bits per heavy atom. The average Bonchev–Trinajstić information content (AvgIpc) is 3.13. The van der Waals surface area contributed by atoms with Gasteiger partial charge < -0.3 is 19.8 Å². The van der Waals surface area contributed by atoms with Crippen LogP contribution in [0.3, 0.4) is 0 Å². The summed E-state index contributed by atoms with van der Waals surface area (Å²) >= 11 is 0. The van der Waals surface area contributed by atoms with Gasteiger partial charge in [-0.3, -0.25) is 9.59 Å². The van der Waals surface area contributed by atoms with Gasteiger partial charge in [-0.1, -0.05) is 24.3 Å². The van der Waals surface area contributed by atoms with Gasteiger partial charge in [0, 0.05) is 23.4 Å². The molecule has 1 aromatic heterocycles. The average molecular weight is 376 g/mol. The first-order chi connectivity index (χ1) is 13.5. The van der Waals surface area contributed by atoms with Crippen LogP contribution in [0.2, 0.25) is 0 Å². The summed E-state index contributed by atoms with van der Waals surface area (Å²) in [7, 11) is 1.55. The van der Waals surface area contributed by atoms with Crippen LogP contribution in [0.1, 0.15) is 21.9 Å². The Labute approximate surface area is 162 Å². The van der Waals surface area contributed by atoms with Crippen LogP contribution in [0.15, 0.2) is 76.8 Å². The fraction of sp³-hybridized carbons (Fsp3) is 0.0909. The van der Waals surface area contributed by atoms with E-state index in [2.05, 4.69) is 10.6 Å². The Hall–Kier alpha value is -3.80. The monoisotopic (exact) mass is 376 g/mol. The molecule has 2 aromatic carbocycles. The summed E-state index contributed by atoms with van der Waals surface area (Å²) in [5.74, 6) is 0.899. The predicted molar refractivity (Wildman–Crippen MR) is 107 cm³/mol. The molecule has 0 aliphatic carbocycles. The van der Waals surface area contributed by atoms with E-state index < -0.39 is 11.8 Å².